The van der Waals surface area contributed by atoms with Crippen molar-refractivity contribution in [3.63, 3.8) is 0 Å². The van der Waals surface area contributed by atoms with E-state index in [1.165, 1.54) is 0 Å². The average molecular weight is 528 g/mol. The first-order chi connectivity index (χ1) is 15.1. The Balaban J connectivity index is 1.75. The number of nitrogens with one attached hydrogen (secondary N) is 1. The van der Waals surface area contributed by atoms with Crippen LogP contribution in [0.1, 0.15) is 18.7 Å². The number of aromatic nitrogens is 2. The first-order valence-corrected chi connectivity index (χ1v) is 13.8. The Morgan fingerprint density at radius 2 is 1.88 bits per heavy atom. The Bertz CT molecular complexity index is 1250. The molecular formula is C15H23N4O11P3. The van der Waals surface area contributed by atoms with Crippen LogP contribution in [0, 0.1) is 18.3 Å². The van der Waals surface area contributed by atoms with Crippen LogP contribution >= 0.6 is 23.5 Å². The molecule has 3 rings (SSSR count). The first-order valence-electron chi connectivity index (χ1n) is 9.30. The van der Waals surface area contributed by atoms with Crippen molar-refractivity contribution in [3.05, 3.63) is 35.4 Å². The van der Waals surface area contributed by atoms with Crippen LogP contribution < -0.4 is 11.1 Å². The molecule has 0 aromatic carbocycles. The second kappa shape index (κ2) is 9.38. The van der Waals surface area contributed by atoms with Gasteiger partial charge in [0.1, 0.15) is 5.65 Å². The highest BCUT2D eigenvalue weighted by Crippen LogP contribution is 2.66. The zero-order chi connectivity index (χ0) is 24.8. The van der Waals surface area contributed by atoms with Gasteiger partial charge in [-0.05, 0) is 24.6 Å². The summed E-state index contributed by atoms with van der Waals surface area (Å²) in [5, 5.41) is 8.99. The number of phosphoric ester groups is 1. The monoisotopic (exact) mass is 528 g/mol. The lowest BCUT2D eigenvalue weighted by atomic mass is 9.99. The van der Waals surface area contributed by atoms with E-state index in [0.29, 0.717) is 11.0 Å². The summed E-state index contributed by atoms with van der Waals surface area (Å²) in [5.41, 5.74) is 7.49. The highest BCUT2D eigenvalue weighted by Gasteiger charge is 2.44. The van der Waals surface area contributed by atoms with Crippen LogP contribution in [-0.4, -0.2) is 47.9 Å². The van der Waals surface area contributed by atoms with E-state index in [1.54, 1.807) is 42.9 Å². The third-order valence-electron chi connectivity index (χ3n) is 4.87. The molecule has 1 aliphatic rings. The second-order valence-electron chi connectivity index (χ2n) is 7.41. The zero-order valence-electron chi connectivity index (χ0n) is 17.3. The molecule has 3 heterocycles. The average Bonchev–Trinajstić information content (AvgIpc) is 3.12. The minimum absolute atomic E-state index is 0.252. The number of nitrogens with two attached hydrogens (primary N) is 1. The number of hydrogen-bond acceptors (Lipinski definition) is 10. The van der Waals surface area contributed by atoms with Crippen LogP contribution in [0.15, 0.2) is 24.5 Å². The molecule has 0 bridgehead atoms. The number of hydrogen-bond donors (Lipinski definition) is 6. The second-order valence-corrected chi connectivity index (χ2v) is 11.8. The fourth-order valence-electron chi connectivity index (χ4n) is 3.31. The van der Waals surface area contributed by atoms with Gasteiger partial charge in [0.05, 0.1) is 24.1 Å². The van der Waals surface area contributed by atoms with Gasteiger partial charge in [-0.2, -0.15) is 8.62 Å². The Hall–Kier alpha value is -1.31. The largest absolute Gasteiger partial charge is 0.490 e. The predicted octanol–water partition coefficient (Wildman–Crippen LogP) is 1.03. The highest BCUT2D eigenvalue weighted by atomic mass is 31.3. The van der Waals surface area contributed by atoms with Crippen molar-refractivity contribution in [2.45, 2.75) is 32.2 Å². The summed E-state index contributed by atoms with van der Waals surface area (Å²) in [5.74, 6) is -0.436. The maximum atomic E-state index is 12.0. The Morgan fingerprint density at radius 1 is 1.21 bits per heavy atom. The van der Waals surface area contributed by atoms with E-state index in [2.05, 4.69) is 18.1 Å². The summed E-state index contributed by atoms with van der Waals surface area (Å²) in [4.78, 5) is 40.4. The van der Waals surface area contributed by atoms with Gasteiger partial charge in [-0.15, -0.1) is 0 Å². The van der Waals surface area contributed by atoms with E-state index in [-0.39, 0.29) is 5.36 Å². The lowest BCUT2D eigenvalue weighted by Crippen LogP contribution is -2.34. The zero-order valence-corrected chi connectivity index (χ0v) is 20.0. The van der Waals surface area contributed by atoms with E-state index < -0.39 is 54.4 Å². The Morgan fingerprint density at radius 3 is 2.52 bits per heavy atom. The number of aryl methyl sites for hydroxylation is 1. The summed E-state index contributed by atoms with van der Waals surface area (Å²) in [6, 6.07) is 2.71. The number of fused-ring (bicyclic) bond motifs is 1. The van der Waals surface area contributed by atoms with E-state index in [0.717, 1.165) is 5.56 Å². The van der Waals surface area contributed by atoms with Gasteiger partial charge in [0.2, 0.25) is 0 Å². The molecule has 33 heavy (non-hydrogen) atoms. The van der Waals surface area contributed by atoms with Crippen molar-refractivity contribution in [1.82, 2.24) is 9.55 Å². The summed E-state index contributed by atoms with van der Waals surface area (Å²) >= 11 is 0. The van der Waals surface area contributed by atoms with Crippen molar-refractivity contribution < 1.29 is 51.2 Å². The first kappa shape index (κ1) is 26.3. The molecule has 0 spiro atoms. The molecule has 184 valence electrons. The summed E-state index contributed by atoms with van der Waals surface area (Å²) in [6.45, 7) is 2.88. The molecule has 0 amide bonds. The van der Waals surface area contributed by atoms with E-state index in [9.17, 15) is 23.5 Å². The fraction of sp³-hybridized carbons (Fsp3) is 0.467. The van der Waals surface area contributed by atoms with Crippen LogP contribution in [0.5, 0.6) is 0 Å². The van der Waals surface area contributed by atoms with Crippen LogP contribution in [0.2, 0.25) is 0 Å². The SMILES string of the molecule is Cc1cnc2c(ccn2C2OC(COP(=O)(O)OP(=O)(O)OP(=O)(O)O)C(C)C2N)c(=N)c1. The van der Waals surface area contributed by atoms with Crippen molar-refractivity contribution in [2.24, 2.45) is 11.7 Å². The smallest absolute Gasteiger partial charge is 0.350 e. The topological polar surface area (TPSA) is 237 Å². The quantitative estimate of drug-likeness (QED) is 0.263. The van der Waals surface area contributed by atoms with E-state index >= 15 is 0 Å². The van der Waals surface area contributed by atoms with Crippen LogP contribution in [-0.2, 0) is 31.6 Å². The molecule has 2 aromatic rings. The molecule has 7 N–H and O–H groups in total. The van der Waals surface area contributed by atoms with Gasteiger partial charge in [-0.3, -0.25) is 4.52 Å². The molecule has 2 aromatic heterocycles. The number of phosphoric acid groups is 3. The van der Waals surface area contributed by atoms with Crippen molar-refractivity contribution in [3.8, 4) is 0 Å². The molecule has 1 saturated heterocycles. The molecular weight excluding hydrogens is 505 g/mol. The minimum atomic E-state index is -5.62. The standard InChI is InChI=1S/C15H23N4O11P3/c1-8-5-11(16)10-3-4-19(14(10)18-6-8)15-13(17)9(2)12(28-15)7-27-32(23,24)30-33(25,26)29-31(20,21)22/h3-6,9,12-13,15-16H,7,17H2,1-2H3,(H,23,24)(H,25,26)(H2,20,21,22). The molecule has 15 nitrogen and oxygen atoms in total. The maximum absolute atomic E-state index is 12.0. The molecule has 6 unspecified atom stereocenters. The summed E-state index contributed by atoms with van der Waals surface area (Å²) < 4.78 is 53.7. The van der Waals surface area contributed by atoms with Gasteiger partial charge in [0.25, 0.3) is 0 Å². The van der Waals surface area contributed by atoms with Gasteiger partial charge in [-0.25, -0.2) is 18.7 Å². The molecule has 6 atom stereocenters. The lowest BCUT2D eigenvalue weighted by Gasteiger charge is -2.19. The van der Waals surface area contributed by atoms with Gasteiger partial charge in [-0.1, -0.05) is 6.92 Å². The van der Waals surface area contributed by atoms with Crippen molar-refractivity contribution in [2.75, 3.05) is 6.61 Å². The molecule has 0 saturated carbocycles. The number of nitrogens with zero attached hydrogens (tertiary/aromatic N) is 2. The van der Waals surface area contributed by atoms with Crippen LogP contribution in [0.3, 0.4) is 0 Å². The summed E-state index contributed by atoms with van der Waals surface area (Å²) in [7, 11) is -16.4. The predicted molar refractivity (Wildman–Crippen MR) is 111 cm³/mol. The Labute approximate surface area is 187 Å². The van der Waals surface area contributed by atoms with Gasteiger partial charge >= 0.3 is 23.5 Å². The van der Waals surface area contributed by atoms with Gasteiger partial charge in [0.15, 0.2) is 6.23 Å². The van der Waals surface area contributed by atoms with E-state index in [1.807, 2.05) is 0 Å². The molecule has 18 heteroatoms. The minimum Gasteiger partial charge on any atom is -0.350 e. The fourth-order valence-corrected chi connectivity index (χ4v) is 6.34. The van der Waals surface area contributed by atoms with Crippen LogP contribution in [0.4, 0.5) is 0 Å². The maximum Gasteiger partial charge on any atom is 0.490 e. The van der Waals surface area contributed by atoms with Crippen LogP contribution in [0.25, 0.3) is 11.0 Å². The molecule has 1 fully saturated rings. The third kappa shape index (κ3) is 6.43. The number of rotatable bonds is 8. The van der Waals surface area contributed by atoms with Crippen molar-refractivity contribution in [1.29, 1.82) is 5.41 Å². The Kier molecular flexibility index (Phi) is 7.48. The molecule has 0 radical (unpaired) electrons. The highest BCUT2D eigenvalue weighted by molar-refractivity contribution is 7.66. The normalized spacial score (nSPS) is 27.4. The third-order valence-corrected chi connectivity index (χ3v) is 8.67. The number of ether oxygens (including phenoxy) is 1. The van der Waals surface area contributed by atoms with Gasteiger partial charge in [0, 0.05) is 23.7 Å². The van der Waals surface area contributed by atoms with E-state index in [4.69, 9.17) is 25.7 Å². The molecule has 1 aliphatic heterocycles. The lowest BCUT2D eigenvalue weighted by molar-refractivity contribution is -0.0291. The molecule has 0 aliphatic carbocycles. The summed E-state index contributed by atoms with van der Waals surface area (Å²) in [6.07, 6.45) is 1.59. The van der Waals surface area contributed by atoms with Crippen molar-refractivity contribution >= 4 is 34.5 Å². The van der Waals surface area contributed by atoms with Gasteiger partial charge < -0.3 is 40.0 Å².